The third kappa shape index (κ3) is 2.51. The first kappa shape index (κ1) is 13.0. The lowest BCUT2D eigenvalue weighted by atomic mass is 9.73. The zero-order valence-electron chi connectivity index (χ0n) is 11.9. The zero-order valence-corrected chi connectivity index (χ0v) is 11.9. The smallest absolute Gasteiger partial charge is 0.0851 e. The highest BCUT2D eigenvalue weighted by atomic mass is 16.3. The summed E-state index contributed by atoms with van der Waals surface area (Å²) in [5, 5.41) is 14.5. The number of aliphatic hydroxyl groups is 1. The van der Waals surface area contributed by atoms with E-state index in [2.05, 4.69) is 36.5 Å². The largest absolute Gasteiger partial charge is 0.388 e. The number of rotatable bonds is 3. The monoisotopic (exact) mass is 259 g/mol. The van der Waals surface area contributed by atoms with Gasteiger partial charge in [-0.15, -0.1) is 0 Å². The molecule has 0 radical (unpaired) electrons. The van der Waals surface area contributed by atoms with E-state index in [1.54, 1.807) is 0 Å². The molecule has 2 N–H and O–H groups in total. The van der Waals surface area contributed by atoms with Crippen LogP contribution < -0.4 is 5.32 Å². The molecule has 0 spiro atoms. The summed E-state index contributed by atoms with van der Waals surface area (Å²) >= 11 is 0. The van der Waals surface area contributed by atoms with Gasteiger partial charge in [-0.3, -0.25) is 0 Å². The summed E-state index contributed by atoms with van der Waals surface area (Å²) in [7, 11) is 0. The van der Waals surface area contributed by atoms with Gasteiger partial charge in [-0.1, -0.05) is 38.0 Å². The van der Waals surface area contributed by atoms with Crippen LogP contribution in [0, 0.1) is 5.92 Å². The van der Waals surface area contributed by atoms with E-state index in [0.29, 0.717) is 0 Å². The van der Waals surface area contributed by atoms with Crippen molar-refractivity contribution in [3.63, 3.8) is 0 Å². The van der Waals surface area contributed by atoms with Crippen molar-refractivity contribution in [1.29, 1.82) is 0 Å². The molecule has 3 rings (SSSR count). The summed E-state index contributed by atoms with van der Waals surface area (Å²) < 4.78 is 0. The van der Waals surface area contributed by atoms with Crippen LogP contribution in [0.5, 0.6) is 0 Å². The van der Waals surface area contributed by atoms with Crippen LogP contribution >= 0.6 is 0 Å². The highest BCUT2D eigenvalue weighted by molar-refractivity contribution is 5.57. The van der Waals surface area contributed by atoms with E-state index in [4.69, 9.17) is 0 Å². The number of hydrogen-bond donors (Lipinski definition) is 2. The van der Waals surface area contributed by atoms with E-state index in [-0.39, 0.29) is 6.04 Å². The van der Waals surface area contributed by atoms with Gasteiger partial charge < -0.3 is 10.4 Å². The highest BCUT2D eigenvalue weighted by Crippen LogP contribution is 2.41. The van der Waals surface area contributed by atoms with E-state index < -0.39 is 5.60 Å². The maximum absolute atomic E-state index is 11.0. The third-order valence-corrected chi connectivity index (χ3v) is 5.09. The molecule has 1 unspecified atom stereocenters. The standard InChI is InChI=1S/C17H25NO/c1-2-5-13-8-10-17(19,11-9-13)16-12-14-6-3-4-7-15(14)18-16/h3-4,6-7,13,16,18-19H,2,5,8-12H2,1H3. The van der Waals surface area contributed by atoms with Gasteiger partial charge in [-0.2, -0.15) is 0 Å². The maximum Gasteiger partial charge on any atom is 0.0851 e. The Bertz CT molecular complexity index is 410. The van der Waals surface area contributed by atoms with Gasteiger partial charge in [0.1, 0.15) is 0 Å². The van der Waals surface area contributed by atoms with Crippen molar-refractivity contribution < 1.29 is 5.11 Å². The third-order valence-electron chi connectivity index (χ3n) is 5.09. The van der Waals surface area contributed by atoms with Crippen LogP contribution in [0.1, 0.15) is 51.0 Å². The SMILES string of the molecule is CCCC1CCC(O)(C2Cc3ccccc3N2)CC1. The van der Waals surface area contributed by atoms with E-state index in [9.17, 15) is 5.11 Å². The molecule has 19 heavy (non-hydrogen) atoms. The first-order valence-corrected chi connectivity index (χ1v) is 7.78. The number of para-hydroxylation sites is 1. The van der Waals surface area contributed by atoms with Gasteiger partial charge in [0.15, 0.2) is 0 Å². The number of anilines is 1. The quantitative estimate of drug-likeness (QED) is 0.866. The minimum atomic E-state index is -0.497. The van der Waals surface area contributed by atoms with Gasteiger partial charge in [-0.05, 0) is 49.7 Å². The molecule has 104 valence electrons. The second kappa shape index (κ2) is 5.16. The predicted octanol–water partition coefficient (Wildman–Crippen LogP) is 3.74. The molecule has 1 aromatic carbocycles. The fourth-order valence-electron chi connectivity index (χ4n) is 3.84. The highest BCUT2D eigenvalue weighted by Gasteiger charge is 2.42. The number of fused-ring (bicyclic) bond motifs is 1. The molecule has 2 nitrogen and oxygen atoms in total. The molecular weight excluding hydrogens is 234 g/mol. The van der Waals surface area contributed by atoms with Crippen molar-refractivity contribution in [1.82, 2.24) is 0 Å². The van der Waals surface area contributed by atoms with Crippen molar-refractivity contribution in [2.75, 3.05) is 5.32 Å². The molecule has 2 heteroatoms. The lowest BCUT2D eigenvalue weighted by Crippen LogP contribution is -2.48. The Balaban J connectivity index is 1.65. The molecule has 0 amide bonds. The van der Waals surface area contributed by atoms with E-state index >= 15 is 0 Å². The Hall–Kier alpha value is -1.02. The van der Waals surface area contributed by atoms with Crippen LogP contribution in [0.15, 0.2) is 24.3 Å². The minimum Gasteiger partial charge on any atom is -0.388 e. The first-order valence-electron chi connectivity index (χ1n) is 7.78. The van der Waals surface area contributed by atoms with Gasteiger partial charge >= 0.3 is 0 Å². The predicted molar refractivity (Wildman–Crippen MR) is 79.4 cm³/mol. The average molecular weight is 259 g/mol. The van der Waals surface area contributed by atoms with Crippen molar-refractivity contribution in [2.24, 2.45) is 5.92 Å². The Morgan fingerprint density at radius 2 is 2.00 bits per heavy atom. The molecule has 0 aromatic heterocycles. The first-order chi connectivity index (χ1) is 9.21. The van der Waals surface area contributed by atoms with E-state index in [0.717, 1.165) is 25.2 Å². The van der Waals surface area contributed by atoms with E-state index in [1.165, 1.54) is 36.9 Å². The summed E-state index contributed by atoms with van der Waals surface area (Å²) in [5.74, 6) is 0.842. The molecule has 1 fully saturated rings. The van der Waals surface area contributed by atoms with Crippen LogP contribution in [0.25, 0.3) is 0 Å². The topological polar surface area (TPSA) is 32.3 Å². The van der Waals surface area contributed by atoms with Crippen LogP contribution in [0.2, 0.25) is 0 Å². The number of hydrogen-bond acceptors (Lipinski definition) is 2. The zero-order chi connectivity index (χ0) is 13.3. The normalized spacial score (nSPS) is 33.8. The van der Waals surface area contributed by atoms with Crippen LogP contribution in [-0.2, 0) is 6.42 Å². The summed E-state index contributed by atoms with van der Waals surface area (Å²) in [6.07, 6.45) is 7.89. The van der Waals surface area contributed by atoms with Gasteiger partial charge in [0.05, 0.1) is 11.6 Å². The van der Waals surface area contributed by atoms with Gasteiger partial charge in [0, 0.05) is 5.69 Å². The van der Waals surface area contributed by atoms with E-state index in [1.807, 2.05) is 0 Å². The molecular formula is C17H25NO. The van der Waals surface area contributed by atoms with Crippen LogP contribution in [-0.4, -0.2) is 16.7 Å². The number of nitrogens with one attached hydrogen (secondary N) is 1. The Morgan fingerprint density at radius 1 is 1.26 bits per heavy atom. The molecule has 2 aliphatic rings. The average Bonchev–Trinajstić information content (AvgIpc) is 2.86. The van der Waals surface area contributed by atoms with Gasteiger partial charge in [0.2, 0.25) is 0 Å². The molecule has 0 bridgehead atoms. The van der Waals surface area contributed by atoms with Crippen LogP contribution in [0.3, 0.4) is 0 Å². The lowest BCUT2D eigenvalue weighted by Gasteiger charge is -2.40. The molecule has 1 saturated carbocycles. The van der Waals surface area contributed by atoms with Crippen molar-refractivity contribution >= 4 is 5.69 Å². The lowest BCUT2D eigenvalue weighted by molar-refractivity contribution is -0.0247. The molecule has 1 aliphatic heterocycles. The van der Waals surface area contributed by atoms with Gasteiger partial charge in [-0.25, -0.2) is 0 Å². The Labute approximate surface area is 116 Å². The summed E-state index contributed by atoms with van der Waals surface area (Å²) in [4.78, 5) is 0. The summed E-state index contributed by atoms with van der Waals surface area (Å²) in [6.45, 7) is 2.26. The molecule has 1 atom stereocenters. The Morgan fingerprint density at radius 3 is 2.68 bits per heavy atom. The van der Waals surface area contributed by atoms with Crippen LogP contribution in [0.4, 0.5) is 5.69 Å². The van der Waals surface area contributed by atoms with Crippen molar-refractivity contribution in [2.45, 2.75) is 63.5 Å². The maximum atomic E-state index is 11.0. The van der Waals surface area contributed by atoms with Crippen molar-refractivity contribution in [3.05, 3.63) is 29.8 Å². The summed E-state index contributed by atoms with van der Waals surface area (Å²) in [5.41, 5.74) is 2.08. The van der Waals surface area contributed by atoms with Gasteiger partial charge in [0.25, 0.3) is 0 Å². The molecule has 1 aromatic rings. The molecule has 0 saturated heterocycles. The molecule has 1 aliphatic carbocycles. The van der Waals surface area contributed by atoms with Crippen molar-refractivity contribution in [3.8, 4) is 0 Å². The fourth-order valence-corrected chi connectivity index (χ4v) is 3.84. The Kier molecular flexibility index (Phi) is 3.53. The second-order valence-electron chi connectivity index (χ2n) is 6.39. The minimum absolute atomic E-state index is 0.215. The molecule has 1 heterocycles. The number of benzene rings is 1. The summed E-state index contributed by atoms with van der Waals surface area (Å²) in [6, 6.07) is 8.67. The second-order valence-corrected chi connectivity index (χ2v) is 6.39. The fraction of sp³-hybridized carbons (Fsp3) is 0.647.